The van der Waals surface area contributed by atoms with Gasteiger partial charge in [-0.2, -0.15) is 0 Å². The van der Waals surface area contributed by atoms with Gasteiger partial charge in [0.25, 0.3) is 0 Å². The van der Waals surface area contributed by atoms with E-state index in [4.69, 9.17) is 0 Å². The van der Waals surface area contributed by atoms with E-state index in [0.29, 0.717) is 11.6 Å². The minimum Gasteiger partial charge on any atom is -0.342 e. The summed E-state index contributed by atoms with van der Waals surface area (Å²) in [5.41, 5.74) is 0.472. The molecule has 0 unspecified atom stereocenters. The molecule has 0 aromatic heterocycles. The number of carbonyl (C=O) groups is 2. The van der Waals surface area contributed by atoms with Crippen LogP contribution in [0.25, 0.3) is 0 Å². The molecule has 2 aliphatic rings. The van der Waals surface area contributed by atoms with Gasteiger partial charge >= 0.3 is 0 Å². The second-order valence-corrected chi connectivity index (χ2v) is 7.62. The Kier molecular flexibility index (Phi) is 6.25. The number of hydrogen-bond acceptors (Lipinski definition) is 3. The molecule has 1 aromatic rings. The van der Waals surface area contributed by atoms with E-state index in [1.807, 2.05) is 4.90 Å². The number of nitrogens with zero attached hydrogens (tertiary/aromatic N) is 2. The smallest absolute Gasteiger partial charge is 0.238 e. The average molecular weight is 361 g/mol. The molecular weight excluding hydrogens is 333 g/mol. The predicted molar refractivity (Wildman–Crippen MR) is 99.2 cm³/mol. The lowest BCUT2D eigenvalue weighted by atomic mass is 9.92. The Morgan fingerprint density at radius 2 is 1.81 bits per heavy atom. The average Bonchev–Trinajstić information content (AvgIpc) is 2.62. The SMILES string of the molecule is CC1CCN(C(=O)C2CCN(CC(=O)Nc3cccc(F)c3)CC2)CC1. The zero-order valence-corrected chi connectivity index (χ0v) is 15.4. The number of halogens is 1. The first-order chi connectivity index (χ1) is 12.5. The molecule has 6 heteroatoms. The van der Waals surface area contributed by atoms with Crippen LogP contribution in [0.1, 0.15) is 32.6 Å². The molecule has 0 bridgehead atoms. The van der Waals surface area contributed by atoms with Crippen LogP contribution in [0, 0.1) is 17.7 Å². The molecule has 1 aromatic carbocycles. The standard InChI is InChI=1S/C20H28FN3O2/c1-15-5-11-24(12-6-15)20(26)16-7-9-23(10-8-16)14-19(25)22-18-4-2-3-17(21)13-18/h2-4,13,15-16H,5-12,14H2,1H3,(H,22,25). The summed E-state index contributed by atoms with van der Waals surface area (Å²) in [6, 6.07) is 5.90. The number of benzene rings is 1. The highest BCUT2D eigenvalue weighted by atomic mass is 19.1. The molecule has 2 saturated heterocycles. The Morgan fingerprint density at radius 3 is 2.46 bits per heavy atom. The van der Waals surface area contributed by atoms with E-state index in [2.05, 4.69) is 17.1 Å². The van der Waals surface area contributed by atoms with Crippen molar-refractivity contribution in [1.82, 2.24) is 9.80 Å². The van der Waals surface area contributed by atoms with Crippen molar-refractivity contribution in [1.29, 1.82) is 0 Å². The second-order valence-electron chi connectivity index (χ2n) is 7.62. The fourth-order valence-corrected chi connectivity index (χ4v) is 3.80. The minimum absolute atomic E-state index is 0.0888. The van der Waals surface area contributed by atoms with Gasteiger partial charge in [0.2, 0.25) is 11.8 Å². The van der Waals surface area contributed by atoms with Gasteiger partial charge in [0.1, 0.15) is 5.82 Å². The number of anilines is 1. The van der Waals surface area contributed by atoms with Gasteiger partial charge < -0.3 is 10.2 Å². The van der Waals surface area contributed by atoms with Crippen molar-refractivity contribution in [3.05, 3.63) is 30.1 Å². The van der Waals surface area contributed by atoms with Gasteiger partial charge in [-0.1, -0.05) is 13.0 Å². The van der Waals surface area contributed by atoms with Gasteiger partial charge in [0.15, 0.2) is 0 Å². The summed E-state index contributed by atoms with van der Waals surface area (Å²) < 4.78 is 13.2. The Hall–Kier alpha value is -1.95. The molecule has 2 aliphatic heterocycles. The summed E-state index contributed by atoms with van der Waals surface area (Å²) in [6.45, 7) is 5.79. The van der Waals surface area contributed by atoms with Crippen LogP contribution in [0.4, 0.5) is 10.1 Å². The molecule has 5 nitrogen and oxygen atoms in total. The predicted octanol–water partition coefficient (Wildman–Crippen LogP) is 2.73. The quantitative estimate of drug-likeness (QED) is 0.897. The maximum Gasteiger partial charge on any atom is 0.238 e. The first-order valence-corrected chi connectivity index (χ1v) is 9.58. The summed E-state index contributed by atoms with van der Waals surface area (Å²) >= 11 is 0. The highest BCUT2D eigenvalue weighted by Crippen LogP contribution is 2.23. The molecule has 0 atom stereocenters. The first kappa shape index (κ1) is 18.8. The molecule has 1 N–H and O–H groups in total. The molecule has 2 heterocycles. The monoisotopic (exact) mass is 361 g/mol. The lowest BCUT2D eigenvalue weighted by Gasteiger charge is -2.36. The van der Waals surface area contributed by atoms with E-state index in [9.17, 15) is 14.0 Å². The molecular formula is C20H28FN3O2. The van der Waals surface area contributed by atoms with Crippen molar-refractivity contribution in [2.24, 2.45) is 11.8 Å². The fourth-order valence-electron chi connectivity index (χ4n) is 3.80. The summed E-state index contributed by atoms with van der Waals surface area (Å²) in [5, 5.41) is 2.72. The Labute approximate surface area is 154 Å². The Bertz CT molecular complexity index is 636. The maximum atomic E-state index is 13.2. The molecule has 0 aliphatic carbocycles. The van der Waals surface area contributed by atoms with E-state index in [1.54, 1.807) is 12.1 Å². The highest BCUT2D eigenvalue weighted by molar-refractivity contribution is 5.92. The van der Waals surface area contributed by atoms with Crippen molar-refractivity contribution in [2.45, 2.75) is 32.6 Å². The van der Waals surface area contributed by atoms with E-state index in [0.717, 1.165) is 57.8 Å². The Balaban J connectivity index is 1.42. The van der Waals surface area contributed by atoms with Crippen molar-refractivity contribution >= 4 is 17.5 Å². The highest BCUT2D eigenvalue weighted by Gasteiger charge is 2.30. The van der Waals surface area contributed by atoms with Crippen LogP contribution in [-0.2, 0) is 9.59 Å². The van der Waals surface area contributed by atoms with Crippen molar-refractivity contribution < 1.29 is 14.0 Å². The zero-order valence-electron chi connectivity index (χ0n) is 15.4. The van der Waals surface area contributed by atoms with Gasteiger partial charge in [-0.25, -0.2) is 4.39 Å². The molecule has 3 rings (SSSR count). The molecule has 2 amide bonds. The van der Waals surface area contributed by atoms with Crippen molar-refractivity contribution in [3.8, 4) is 0 Å². The maximum absolute atomic E-state index is 13.2. The van der Waals surface area contributed by atoms with Crippen LogP contribution in [0.3, 0.4) is 0 Å². The van der Waals surface area contributed by atoms with E-state index in [1.165, 1.54) is 12.1 Å². The van der Waals surface area contributed by atoms with E-state index >= 15 is 0 Å². The minimum atomic E-state index is -0.366. The van der Waals surface area contributed by atoms with Gasteiger partial charge in [-0.15, -0.1) is 0 Å². The molecule has 0 spiro atoms. The van der Waals surface area contributed by atoms with Crippen LogP contribution in [0.5, 0.6) is 0 Å². The number of piperidine rings is 2. The van der Waals surface area contributed by atoms with Gasteiger partial charge in [0, 0.05) is 24.7 Å². The van der Waals surface area contributed by atoms with Crippen molar-refractivity contribution in [2.75, 3.05) is 38.0 Å². The molecule has 26 heavy (non-hydrogen) atoms. The number of amides is 2. The first-order valence-electron chi connectivity index (χ1n) is 9.58. The van der Waals surface area contributed by atoms with Crippen LogP contribution >= 0.6 is 0 Å². The topological polar surface area (TPSA) is 52.7 Å². The molecule has 2 fully saturated rings. The Morgan fingerprint density at radius 1 is 1.12 bits per heavy atom. The third-order valence-corrected chi connectivity index (χ3v) is 5.51. The largest absolute Gasteiger partial charge is 0.342 e. The lowest BCUT2D eigenvalue weighted by molar-refractivity contribution is -0.138. The van der Waals surface area contributed by atoms with Gasteiger partial charge in [-0.05, 0) is 62.9 Å². The number of rotatable bonds is 4. The second kappa shape index (κ2) is 8.62. The van der Waals surface area contributed by atoms with Crippen LogP contribution in [0.2, 0.25) is 0 Å². The summed E-state index contributed by atoms with van der Waals surface area (Å²) in [7, 11) is 0. The zero-order chi connectivity index (χ0) is 18.5. The summed E-state index contributed by atoms with van der Waals surface area (Å²) in [5.74, 6) is 0.587. The number of carbonyl (C=O) groups excluding carboxylic acids is 2. The molecule has 0 saturated carbocycles. The van der Waals surface area contributed by atoms with Gasteiger partial charge in [-0.3, -0.25) is 14.5 Å². The van der Waals surface area contributed by atoms with E-state index in [-0.39, 0.29) is 24.2 Å². The summed E-state index contributed by atoms with van der Waals surface area (Å²) in [4.78, 5) is 28.9. The third kappa shape index (κ3) is 5.04. The van der Waals surface area contributed by atoms with Crippen LogP contribution in [0.15, 0.2) is 24.3 Å². The van der Waals surface area contributed by atoms with Crippen LogP contribution < -0.4 is 5.32 Å². The van der Waals surface area contributed by atoms with E-state index < -0.39 is 0 Å². The lowest BCUT2D eigenvalue weighted by Crippen LogP contribution is -2.46. The number of likely N-dealkylation sites (tertiary alicyclic amines) is 2. The number of nitrogens with one attached hydrogen (secondary N) is 1. The normalized spacial score (nSPS) is 20.2. The van der Waals surface area contributed by atoms with Gasteiger partial charge in [0.05, 0.1) is 6.54 Å². The van der Waals surface area contributed by atoms with Crippen LogP contribution in [-0.4, -0.2) is 54.3 Å². The summed E-state index contributed by atoms with van der Waals surface area (Å²) in [6.07, 6.45) is 3.81. The molecule has 0 radical (unpaired) electrons. The third-order valence-electron chi connectivity index (χ3n) is 5.51. The number of hydrogen-bond donors (Lipinski definition) is 1. The van der Waals surface area contributed by atoms with Crippen molar-refractivity contribution in [3.63, 3.8) is 0 Å². The molecule has 142 valence electrons. The fraction of sp³-hybridized carbons (Fsp3) is 0.600.